The molecule has 2 aliphatic rings. The minimum atomic E-state index is -0.263. The molecule has 0 radical (unpaired) electrons. The van der Waals surface area contributed by atoms with E-state index in [-0.39, 0.29) is 17.6 Å². The van der Waals surface area contributed by atoms with Crippen LogP contribution in [0.25, 0.3) is 0 Å². The second kappa shape index (κ2) is 10.4. The molecule has 2 saturated heterocycles. The number of nitrogens with one attached hydrogen (secondary N) is 1. The van der Waals surface area contributed by atoms with Gasteiger partial charge >= 0.3 is 0 Å². The van der Waals surface area contributed by atoms with E-state index in [1.54, 1.807) is 12.1 Å². The van der Waals surface area contributed by atoms with E-state index in [0.717, 1.165) is 63.4 Å². The van der Waals surface area contributed by atoms with Gasteiger partial charge in [0.1, 0.15) is 17.3 Å². The molecule has 1 amide bonds. The van der Waals surface area contributed by atoms with Crippen molar-refractivity contribution in [2.24, 2.45) is 0 Å². The van der Waals surface area contributed by atoms with Gasteiger partial charge in [-0.2, -0.15) is 0 Å². The third-order valence-electron chi connectivity index (χ3n) is 6.64. The minimum Gasteiger partial charge on any atom is -0.367 e. The van der Waals surface area contributed by atoms with Gasteiger partial charge in [0.05, 0.1) is 11.4 Å². The van der Waals surface area contributed by atoms with Crippen LogP contribution < -0.4 is 5.32 Å². The second-order valence-electron chi connectivity index (χ2n) is 8.99. The van der Waals surface area contributed by atoms with Crippen molar-refractivity contribution in [3.63, 3.8) is 0 Å². The fraction of sp³-hybridized carbons (Fsp3) is 0.560. The molecule has 3 heterocycles. The number of likely N-dealkylation sites (tertiary alicyclic amines) is 2. The van der Waals surface area contributed by atoms with Gasteiger partial charge in [-0.3, -0.25) is 4.79 Å². The maximum absolute atomic E-state index is 13.5. The lowest BCUT2D eigenvalue weighted by Crippen LogP contribution is -2.37. The van der Waals surface area contributed by atoms with Gasteiger partial charge in [0.25, 0.3) is 5.91 Å². The van der Waals surface area contributed by atoms with Gasteiger partial charge in [0.2, 0.25) is 0 Å². The number of piperidine rings is 1. The van der Waals surface area contributed by atoms with Crippen LogP contribution in [0.2, 0.25) is 0 Å². The van der Waals surface area contributed by atoms with Gasteiger partial charge in [-0.15, -0.1) is 0 Å². The molecular weight excluding hydrogens is 405 g/mol. The van der Waals surface area contributed by atoms with Gasteiger partial charge in [-0.25, -0.2) is 14.4 Å². The average Bonchev–Trinajstić information content (AvgIpc) is 3.33. The molecule has 2 aliphatic heterocycles. The molecule has 7 heteroatoms. The quantitative estimate of drug-likeness (QED) is 0.700. The second-order valence-corrected chi connectivity index (χ2v) is 8.99. The fourth-order valence-electron chi connectivity index (χ4n) is 4.66. The Labute approximate surface area is 190 Å². The Balaban J connectivity index is 1.61. The summed E-state index contributed by atoms with van der Waals surface area (Å²) in [5, 5.41) is 3.47. The zero-order chi connectivity index (χ0) is 22.5. The number of anilines is 1. The topological polar surface area (TPSA) is 61.4 Å². The summed E-state index contributed by atoms with van der Waals surface area (Å²) in [6.07, 6.45) is 5.76. The van der Waals surface area contributed by atoms with Gasteiger partial charge in [-0.05, 0) is 69.8 Å². The van der Waals surface area contributed by atoms with Crippen LogP contribution >= 0.6 is 0 Å². The lowest BCUT2D eigenvalue weighted by atomic mass is 9.97. The summed E-state index contributed by atoms with van der Waals surface area (Å²) in [5.41, 5.74) is 2.77. The maximum atomic E-state index is 13.5. The van der Waals surface area contributed by atoms with Gasteiger partial charge in [0, 0.05) is 32.1 Å². The SMILES string of the molecule is Cc1nc(NCCN2CCCC2)c(C(C)c2ccc(F)cc2)nc1C(=O)N1CCCCC1. The zero-order valence-electron chi connectivity index (χ0n) is 19.2. The molecule has 2 fully saturated rings. The van der Waals surface area contributed by atoms with Crippen molar-refractivity contribution in [3.05, 3.63) is 52.7 Å². The highest BCUT2D eigenvalue weighted by atomic mass is 19.1. The van der Waals surface area contributed by atoms with Crippen molar-refractivity contribution in [3.8, 4) is 0 Å². The average molecular weight is 440 g/mol. The fourth-order valence-corrected chi connectivity index (χ4v) is 4.66. The molecule has 1 N–H and O–H groups in total. The number of benzene rings is 1. The molecule has 1 aromatic heterocycles. The molecule has 0 aliphatic carbocycles. The molecular formula is C25H34FN5O. The summed E-state index contributed by atoms with van der Waals surface area (Å²) in [5.74, 6) is 0.298. The molecule has 0 saturated carbocycles. The summed E-state index contributed by atoms with van der Waals surface area (Å²) < 4.78 is 13.5. The molecule has 0 bridgehead atoms. The molecule has 1 atom stereocenters. The number of hydrogen-bond acceptors (Lipinski definition) is 5. The van der Waals surface area contributed by atoms with Gasteiger partial charge < -0.3 is 15.1 Å². The van der Waals surface area contributed by atoms with Crippen molar-refractivity contribution >= 4 is 11.7 Å². The molecule has 2 aromatic rings. The predicted octanol–water partition coefficient (Wildman–Crippen LogP) is 4.21. The van der Waals surface area contributed by atoms with Crippen molar-refractivity contribution in [1.82, 2.24) is 19.8 Å². The highest BCUT2D eigenvalue weighted by Gasteiger charge is 2.26. The first kappa shape index (κ1) is 22.6. The van der Waals surface area contributed by atoms with E-state index in [1.165, 1.54) is 31.4 Å². The number of carbonyl (C=O) groups is 1. The van der Waals surface area contributed by atoms with Crippen LogP contribution in [0.5, 0.6) is 0 Å². The number of hydrogen-bond donors (Lipinski definition) is 1. The van der Waals surface area contributed by atoms with Crippen molar-refractivity contribution < 1.29 is 9.18 Å². The minimum absolute atomic E-state index is 0.0362. The van der Waals surface area contributed by atoms with Crippen LogP contribution in [-0.4, -0.2) is 64.9 Å². The van der Waals surface area contributed by atoms with Crippen LogP contribution in [0, 0.1) is 12.7 Å². The van der Waals surface area contributed by atoms with Crippen molar-refractivity contribution in [2.45, 2.75) is 51.9 Å². The standard InChI is InChI=1S/C25H34FN5O/c1-18(20-8-10-21(26)11-9-20)22-24(27-12-17-30-13-6-7-14-30)28-19(2)23(29-22)25(32)31-15-4-3-5-16-31/h8-11,18H,3-7,12-17H2,1-2H3,(H,27,28). The Bertz CT molecular complexity index is 921. The molecule has 32 heavy (non-hydrogen) atoms. The summed E-state index contributed by atoms with van der Waals surface area (Å²) in [6.45, 7) is 9.48. The normalized spacial score (nSPS) is 18.0. The Morgan fingerprint density at radius 2 is 1.69 bits per heavy atom. The Hall–Kier alpha value is -2.54. The first-order valence-corrected chi connectivity index (χ1v) is 11.9. The van der Waals surface area contributed by atoms with E-state index in [4.69, 9.17) is 9.97 Å². The number of rotatable bonds is 7. The Morgan fingerprint density at radius 3 is 2.38 bits per heavy atom. The number of nitrogens with zero attached hydrogens (tertiary/aromatic N) is 4. The lowest BCUT2D eigenvalue weighted by Gasteiger charge is -2.27. The highest BCUT2D eigenvalue weighted by Crippen LogP contribution is 2.29. The van der Waals surface area contributed by atoms with E-state index in [2.05, 4.69) is 10.2 Å². The molecule has 1 unspecified atom stereocenters. The van der Waals surface area contributed by atoms with E-state index in [1.807, 2.05) is 18.7 Å². The van der Waals surface area contributed by atoms with E-state index in [9.17, 15) is 9.18 Å². The predicted molar refractivity (Wildman–Crippen MR) is 125 cm³/mol. The summed E-state index contributed by atoms with van der Waals surface area (Å²) in [7, 11) is 0. The van der Waals surface area contributed by atoms with E-state index >= 15 is 0 Å². The van der Waals surface area contributed by atoms with Gasteiger partial charge in [-0.1, -0.05) is 19.1 Å². The summed E-state index contributed by atoms with van der Waals surface area (Å²) in [6, 6.07) is 6.49. The van der Waals surface area contributed by atoms with Gasteiger partial charge in [0.15, 0.2) is 0 Å². The molecule has 4 rings (SSSR count). The third-order valence-corrected chi connectivity index (χ3v) is 6.64. The first-order valence-electron chi connectivity index (χ1n) is 11.9. The largest absolute Gasteiger partial charge is 0.367 e. The maximum Gasteiger partial charge on any atom is 0.274 e. The van der Waals surface area contributed by atoms with Crippen LogP contribution in [0.15, 0.2) is 24.3 Å². The first-order chi connectivity index (χ1) is 15.5. The molecule has 172 valence electrons. The number of carbonyl (C=O) groups excluding carboxylic acids is 1. The van der Waals surface area contributed by atoms with Crippen LogP contribution in [0.3, 0.4) is 0 Å². The monoisotopic (exact) mass is 439 g/mol. The Morgan fingerprint density at radius 1 is 1.03 bits per heavy atom. The van der Waals surface area contributed by atoms with E-state index < -0.39 is 0 Å². The molecule has 0 spiro atoms. The Kier molecular flexibility index (Phi) is 7.35. The van der Waals surface area contributed by atoms with Crippen molar-refractivity contribution in [2.75, 3.05) is 44.6 Å². The van der Waals surface area contributed by atoms with Crippen LogP contribution in [0.4, 0.5) is 10.2 Å². The molecule has 1 aromatic carbocycles. The summed E-state index contributed by atoms with van der Waals surface area (Å²) >= 11 is 0. The van der Waals surface area contributed by atoms with Crippen LogP contribution in [0.1, 0.15) is 72.4 Å². The van der Waals surface area contributed by atoms with Crippen molar-refractivity contribution in [1.29, 1.82) is 0 Å². The number of aromatic nitrogens is 2. The zero-order valence-corrected chi connectivity index (χ0v) is 19.2. The number of aryl methyl sites for hydroxylation is 1. The third kappa shape index (κ3) is 5.26. The van der Waals surface area contributed by atoms with Crippen LogP contribution in [-0.2, 0) is 0 Å². The smallest absolute Gasteiger partial charge is 0.274 e. The number of halogens is 1. The highest BCUT2D eigenvalue weighted by molar-refractivity contribution is 5.93. The van der Waals surface area contributed by atoms with E-state index in [0.29, 0.717) is 17.2 Å². The summed E-state index contributed by atoms with van der Waals surface area (Å²) in [4.78, 5) is 27.2. The number of amides is 1. The lowest BCUT2D eigenvalue weighted by molar-refractivity contribution is 0.0716. The molecule has 6 nitrogen and oxygen atoms in total.